The topological polar surface area (TPSA) is 117 Å². The molecule has 0 bridgehead atoms. The fourth-order valence-corrected chi connectivity index (χ4v) is 6.61. The zero-order chi connectivity index (χ0) is 31.2. The molecule has 3 aliphatic heterocycles. The van der Waals surface area contributed by atoms with E-state index in [1.165, 1.54) is 6.07 Å². The normalized spacial score (nSPS) is 19.4. The second-order valence-corrected chi connectivity index (χ2v) is 12.5. The van der Waals surface area contributed by atoms with Crippen LogP contribution in [0.5, 0.6) is 5.88 Å². The number of aromatic carboxylic acids is 1. The third kappa shape index (κ3) is 5.61. The second kappa shape index (κ2) is 12.1. The highest BCUT2D eigenvalue weighted by atomic mass is 19.1. The van der Waals surface area contributed by atoms with Gasteiger partial charge in [0.05, 0.1) is 66.8 Å². The van der Waals surface area contributed by atoms with E-state index in [-0.39, 0.29) is 36.1 Å². The number of rotatable bonds is 10. The SMILES string of the molecule is O=C(O)c1ccc2nc(CN3CCC(c4cccc(OCc5cc6c(cnn6C6COC6)cc5F)n4)CC3)n(CC3CCO3)c2c1. The Morgan fingerprint density at radius 2 is 1.89 bits per heavy atom. The Balaban J connectivity index is 0.923. The highest BCUT2D eigenvalue weighted by Gasteiger charge is 2.27. The van der Waals surface area contributed by atoms with Gasteiger partial charge in [0.2, 0.25) is 5.88 Å². The average molecular weight is 627 g/mol. The van der Waals surface area contributed by atoms with Gasteiger partial charge in [-0.1, -0.05) is 6.07 Å². The predicted molar refractivity (Wildman–Crippen MR) is 166 cm³/mol. The number of piperidine rings is 1. The maximum absolute atomic E-state index is 14.9. The van der Waals surface area contributed by atoms with Gasteiger partial charge < -0.3 is 23.9 Å². The number of carboxylic acids is 1. The van der Waals surface area contributed by atoms with Gasteiger partial charge in [0.1, 0.15) is 18.2 Å². The van der Waals surface area contributed by atoms with E-state index in [2.05, 4.69) is 14.6 Å². The molecule has 1 N–H and O–H groups in total. The molecule has 5 aromatic rings. The van der Waals surface area contributed by atoms with Gasteiger partial charge in [-0.25, -0.2) is 19.2 Å². The van der Waals surface area contributed by atoms with Gasteiger partial charge in [0.25, 0.3) is 0 Å². The van der Waals surface area contributed by atoms with Crippen LogP contribution in [0.4, 0.5) is 4.39 Å². The first-order valence-electron chi connectivity index (χ1n) is 15.9. The van der Waals surface area contributed by atoms with Gasteiger partial charge in [-0.2, -0.15) is 5.10 Å². The van der Waals surface area contributed by atoms with Crippen molar-refractivity contribution in [3.63, 3.8) is 0 Å². The smallest absolute Gasteiger partial charge is 0.335 e. The summed E-state index contributed by atoms with van der Waals surface area (Å²) in [4.78, 5) is 23.7. The Kier molecular flexibility index (Phi) is 7.63. The van der Waals surface area contributed by atoms with Crippen LogP contribution in [0, 0.1) is 5.82 Å². The van der Waals surface area contributed by atoms with Crippen molar-refractivity contribution in [1.82, 2.24) is 29.2 Å². The zero-order valence-electron chi connectivity index (χ0n) is 25.3. The van der Waals surface area contributed by atoms with Crippen molar-refractivity contribution >= 4 is 27.9 Å². The summed E-state index contributed by atoms with van der Waals surface area (Å²) in [5, 5.41) is 14.7. The Morgan fingerprint density at radius 1 is 1.04 bits per heavy atom. The molecule has 12 heteroatoms. The lowest BCUT2D eigenvalue weighted by Gasteiger charge is -2.32. The first kappa shape index (κ1) is 29.0. The number of ether oxygens (including phenoxy) is 3. The summed E-state index contributed by atoms with van der Waals surface area (Å²) in [6, 6.07) is 14.4. The maximum Gasteiger partial charge on any atom is 0.335 e. The number of hydrogen-bond donors (Lipinski definition) is 1. The minimum absolute atomic E-state index is 0.0733. The number of imidazole rings is 1. The van der Waals surface area contributed by atoms with Crippen LogP contribution in [-0.2, 0) is 29.2 Å². The van der Waals surface area contributed by atoms with Crippen molar-refractivity contribution in [2.45, 2.75) is 57.0 Å². The molecule has 1 atom stereocenters. The van der Waals surface area contributed by atoms with Gasteiger partial charge in [-0.15, -0.1) is 0 Å². The molecule has 0 spiro atoms. The lowest BCUT2D eigenvalue weighted by molar-refractivity contribution is -0.0592. The quantitative estimate of drug-likeness (QED) is 0.230. The number of pyridine rings is 1. The first-order valence-corrected chi connectivity index (χ1v) is 15.9. The number of halogens is 1. The van der Waals surface area contributed by atoms with E-state index in [0.717, 1.165) is 72.4 Å². The van der Waals surface area contributed by atoms with Gasteiger partial charge in [0, 0.05) is 35.2 Å². The molecule has 2 aromatic carbocycles. The van der Waals surface area contributed by atoms with Crippen molar-refractivity contribution in [3.05, 3.63) is 83.2 Å². The van der Waals surface area contributed by atoms with E-state index in [1.807, 2.05) is 28.9 Å². The van der Waals surface area contributed by atoms with Crippen molar-refractivity contribution < 1.29 is 28.5 Å². The molecule has 3 saturated heterocycles. The monoisotopic (exact) mass is 626 g/mol. The van der Waals surface area contributed by atoms with E-state index in [4.69, 9.17) is 24.2 Å². The summed E-state index contributed by atoms with van der Waals surface area (Å²) >= 11 is 0. The van der Waals surface area contributed by atoms with Gasteiger partial charge in [-0.05, 0) is 68.8 Å². The molecule has 3 fully saturated rings. The Bertz CT molecular complexity index is 1910. The standard InChI is InChI=1S/C34H35FN6O5/c35-27-12-23-15-36-41(25-19-44-20-25)30(23)14-24(27)18-46-33-3-1-2-28(38-33)21-6-9-39(10-7-21)17-32-37-29-5-4-22(34(42)43)13-31(29)40(32)16-26-8-11-45-26/h1-5,12-15,21,25-26H,6-11,16-20H2,(H,42,43). The summed E-state index contributed by atoms with van der Waals surface area (Å²) < 4.78 is 36.0. The molecule has 46 heavy (non-hydrogen) atoms. The van der Waals surface area contributed by atoms with E-state index in [0.29, 0.717) is 37.7 Å². The van der Waals surface area contributed by atoms with Crippen molar-refractivity contribution in [2.75, 3.05) is 32.9 Å². The van der Waals surface area contributed by atoms with E-state index in [1.54, 1.807) is 24.4 Å². The van der Waals surface area contributed by atoms with Crippen LogP contribution >= 0.6 is 0 Å². The number of nitrogens with zero attached hydrogens (tertiary/aromatic N) is 6. The van der Waals surface area contributed by atoms with Crippen molar-refractivity contribution in [2.24, 2.45) is 0 Å². The second-order valence-electron chi connectivity index (χ2n) is 12.5. The molecule has 11 nitrogen and oxygen atoms in total. The van der Waals surface area contributed by atoms with E-state index < -0.39 is 5.97 Å². The molecule has 1 unspecified atom stereocenters. The molecule has 0 radical (unpaired) electrons. The molecule has 238 valence electrons. The maximum atomic E-state index is 14.9. The van der Waals surface area contributed by atoms with Crippen LogP contribution in [0.25, 0.3) is 21.9 Å². The van der Waals surface area contributed by atoms with Crippen LogP contribution in [0.2, 0.25) is 0 Å². The van der Waals surface area contributed by atoms with Crippen LogP contribution in [0.15, 0.2) is 54.7 Å². The minimum atomic E-state index is -0.946. The number of hydrogen-bond acceptors (Lipinski definition) is 8. The summed E-state index contributed by atoms with van der Waals surface area (Å²) in [7, 11) is 0. The van der Waals surface area contributed by atoms with Crippen LogP contribution in [0.3, 0.4) is 0 Å². The summed E-state index contributed by atoms with van der Waals surface area (Å²) in [6.07, 6.45) is 4.68. The highest BCUT2D eigenvalue weighted by molar-refractivity contribution is 5.92. The number of carboxylic acid groups (broad SMARTS) is 1. The third-order valence-electron chi connectivity index (χ3n) is 9.48. The number of aromatic nitrogens is 5. The van der Waals surface area contributed by atoms with E-state index >= 15 is 0 Å². The molecule has 0 amide bonds. The molecule has 0 aliphatic carbocycles. The molecular weight excluding hydrogens is 591 g/mol. The van der Waals surface area contributed by atoms with Crippen molar-refractivity contribution in [3.8, 4) is 5.88 Å². The zero-order valence-corrected chi connectivity index (χ0v) is 25.3. The van der Waals surface area contributed by atoms with Gasteiger partial charge in [-0.3, -0.25) is 9.58 Å². The highest BCUT2D eigenvalue weighted by Crippen LogP contribution is 2.31. The molecule has 0 saturated carbocycles. The Hall–Kier alpha value is -4.39. The lowest BCUT2D eigenvalue weighted by Crippen LogP contribution is -2.35. The molecular formula is C34H35FN6O5. The van der Waals surface area contributed by atoms with E-state index in [9.17, 15) is 14.3 Å². The largest absolute Gasteiger partial charge is 0.478 e. The summed E-state index contributed by atoms with van der Waals surface area (Å²) in [5.41, 5.74) is 4.20. The number of fused-ring (bicyclic) bond motifs is 2. The number of benzene rings is 2. The van der Waals surface area contributed by atoms with Crippen LogP contribution in [-0.4, -0.2) is 79.3 Å². The fraction of sp³-hybridized carbons (Fsp3) is 0.412. The lowest BCUT2D eigenvalue weighted by atomic mass is 9.93. The number of likely N-dealkylation sites (tertiary alicyclic amines) is 1. The van der Waals surface area contributed by atoms with Crippen LogP contribution in [0.1, 0.15) is 58.7 Å². The summed E-state index contributed by atoms with van der Waals surface area (Å²) in [5.74, 6) is 0.421. The molecule has 8 rings (SSSR count). The van der Waals surface area contributed by atoms with Gasteiger partial charge in [0.15, 0.2) is 0 Å². The molecule has 3 aliphatic rings. The molecule has 6 heterocycles. The average Bonchev–Trinajstić information content (AvgIpc) is 3.57. The minimum Gasteiger partial charge on any atom is -0.478 e. The Labute approximate surface area is 264 Å². The molecule has 3 aromatic heterocycles. The number of carbonyl (C=O) groups is 1. The van der Waals surface area contributed by atoms with Crippen LogP contribution < -0.4 is 4.74 Å². The Morgan fingerprint density at radius 3 is 2.63 bits per heavy atom. The summed E-state index contributed by atoms with van der Waals surface area (Å²) in [6.45, 7) is 5.16. The third-order valence-corrected chi connectivity index (χ3v) is 9.48. The fourth-order valence-electron chi connectivity index (χ4n) is 6.61. The predicted octanol–water partition coefficient (Wildman–Crippen LogP) is 4.94. The first-order chi connectivity index (χ1) is 22.5. The van der Waals surface area contributed by atoms with Gasteiger partial charge >= 0.3 is 5.97 Å². The van der Waals surface area contributed by atoms with Crippen molar-refractivity contribution in [1.29, 1.82) is 0 Å².